The third-order valence-electron chi connectivity index (χ3n) is 8.71. The van der Waals surface area contributed by atoms with Gasteiger partial charge in [0.25, 0.3) is 11.8 Å². The third kappa shape index (κ3) is 10.3. The summed E-state index contributed by atoms with van der Waals surface area (Å²) in [6.07, 6.45) is 2.22. The molecule has 5 rings (SSSR count). The van der Waals surface area contributed by atoms with Crippen molar-refractivity contribution in [3.63, 3.8) is 0 Å². The van der Waals surface area contributed by atoms with Crippen molar-refractivity contribution < 1.29 is 28.5 Å². The van der Waals surface area contributed by atoms with Crippen LogP contribution in [0.15, 0.2) is 54.7 Å². The molecule has 3 N–H and O–H groups in total. The number of nitrogens with zero attached hydrogens (tertiary/aromatic N) is 4. The summed E-state index contributed by atoms with van der Waals surface area (Å²) in [7, 11) is 5.25. The minimum absolute atomic E-state index is 0.0532. The molecule has 13 nitrogen and oxygen atoms in total. The lowest BCUT2D eigenvalue weighted by Crippen LogP contribution is -2.44. The zero-order valence-corrected chi connectivity index (χ0v) is 32.1. The molecule has 0 aliphatic carbocycles. The normalized spacial score (nSPS) is 13.4. The Morgan fingerprint density at radius 2 is 1.64 bits per heavy atom. The summed E-state index contributed by atoms with van der Waals surface area (Å²) >= 11 is 6.61. The average Bonchev–Trinajstić information content (AvgIpc) is 3.12. The highest BCUT2D eigenvalue weighted by molar-refractivity contribution is 6.32. The first-order valence-electron chi connectivity index (χ1n) is 17.5. The Labute approximate surface area is 315 Å². The minimum Gasteiger partial charge on any atom is -0.493 e. The Morgan fingerprint density at radius 1 is 0.925 bits per heavy atom. The quantitative estimate of drug-likeness (QED) is 0.112. The molecule has 1 aromatic heterocycles. The van der Waals surface area contributed by atoms with E-state index in [1.807, 2.05) is 45.9 Å². The number of rotatable bonds is 15. The second-order valence-corrected chi connectivity index (χ2v) is 13.6. The second kappa shape index (κ2) is 18.1. The summed E-state index contributed by atoms with van der Waals surface area (Å²) < 4.78 is 23.7. The number of likely N-dealkylation sites (N-methyl/N-ethyl adjacent to an activating group) is 1. The maximum atomic E-state index is 13.7. The number of para-hydroxylation sites is 1. The molecule has 2 amide bonds. The molecule has 1 saturated heterocycles. The number of hydrogen-bond donors (Lipinski definition) is 3. The van der Waals surface area contributed by atoms with E-state index in [4.69, 9.17) is 30.5 Å². The van der Waals surface area contributed by atoms with Crippen LogP contribution in [-0.4, -0.2) is 98.2 Å². The van der Waals surface area contributed by atoms with Crippen LogP contribution in [0.5, 0.6) is 28.9 Å². The van der Waals surface area contributed by atoms with Crippen LogP contribution in [0, 0.1) is 13.8 Å². The molecule has 4 aromatic rings. The lowest BCUT2D eigenvalue weighted by atomic mass is 10.1. The van der Waals surface area contributed by atoms with Crippen LogP contribution < -0.4 is 34.9 Å². The molecule has 53 heavy (non-hydrogen) atoms. The Bertz CT molecular complexity index is 1900. The van der Waals surface area contributed by atoms with Gasteiger partial charge in [-0.2, -0.15) is 4.98 Å². The minimum atomic E-state index is -0.480. The highest BCUT2D eigenvalue weighted by Crippen LogP contribution is 2.41. The van der Waals surface area contributed by atoms with Crippen LogP contribution in [0.1, 0.15) is 52.1 Å². The third-order valence-corrected chi connectivity index (χ3v) is 9.01. The van der Waals surface area contributed by atoms with Crippen molar-refractivity contribution in [2.75, 3.05) is 71.2 Å². The highest BCUT2D eigenvalue weighted by atomic mass is 35.5. The number of aryl methyl sites for hydroxylation is 2. The van der Waals surface area contributed by atoms with Gasteiger partial charge in [-0.05, 0) is 70.5 Å². The first kappa shape index (κ1) is 39.1. The van der Waals surface area contributed by atoms with Gasteiger partial charge in [-0.3, -0.25) is 9.59 Å². The van der Waals surface area contributed by atoms with E-state index in [9.17, 15) is 9.59 Å². The van der Waals surface area contributed by atoms with Gasteiger partial charge < -0.3 is 44.7 Å². The van der Waals surface area contributed by atoms with Crippen molar-refractivity contribution in [1.29, 1.82) is 0 Å². The number of aromatic nitrogens is 2. The fourth-order valence-corrected chi connectivity index (χ4v) is 6.03. The Balaban J connectivity index is 1.41. The lowest BCUT2D eigenvalue weighted by molar-refractivity contribution is 0.0942. The van der Waals surface area contributed by atoms with Crippen LogP contribution in [-0.2, 0) is 0 Å². The molecule has 282 valence electrons. The van der Waals surface area contributed by atoms with Crippen LogP contribution >= 0.6 is 11.6 Å². The molecule has 0 spiro atoms. The van der Waals surface area contributed by atoms with Crippen molar-refractivity contribution in [1.82, 2.24) is 25.1 Å². The Kier molecular flexibility index (Phi) is 13.3. The van der Waals surface area contributed by atoms with Crippen molar-refractivity contribution in [3.05, 3.63) is 82.0 Å². The molecule has 3 aromatic carbocycles. The summed E-state index contributed by atoms with van der Waals surface area (Å²) in [5, 5.41) is 9.16. The molecule has 0 radical (unpaired) electrons. The van der Waals surface area contributed by atoms with Crippen molar-refractivity contribution in [3.8, 4) is 28.9 Å². The zero-order valence-electron chi connectivity index (χ0n) is 31.3. The molecule has 1 aliphatic heterocycles. The molecule has 0 saturated carbocycles. The highest BCUT2D eigenvalue weighted by Gasteiger charge is 2.22. The molecule has 0 bridgehead atoms. The van der Waals surface area contributed by atoms with Gasteiger partial charge in [-0.1, -0.05) is 29.8 Å². The fraction of sp³-hybridized carbons (Fsp3) is 0.385. The average molecular weight is 746 g/mol. The number of nitrogens with one attached hydrogen (secondary N) is 3. The topological polar surface area (TPSA) is 139 Å². The summed E-state index contributed by atoms with van der Waals surface area (Å²) in [6, 6.07) is 13.9. The van der Waals surface area contributed by atoms with Crippen LogP contribution in [0.2, 0.25) is 5.02 Å². The Morgan fingerprint density at radius 3 is 2.30 bits per heavy atom. The number of benzene rings is 3. The first-order valence-corrected chi connectivity index (χ1v) is 17.9. The van der Waals surface area contributed by atoms with E-state index in [-0.39, 0.29) is 40.1 Å². The SMILES string of the molecule is COc1cc(Nc2ncc(C(=O)Nc3c(C)cccc3C)c(Oc3ccc(C(=O)NC(C)C)cc3Cl)n2)cc(OCCCN2CCN(C)CC2)c1OC. The summed E-state index contributed by atoms with van der Waals surface area (Å²) in [6.45, 7) is 13.2. The van der Waals surface area contributed by atoms with Crippen LogP contribution in [0.25, 0.3) is 0 Å². The summed E-state index contributed by atoms with van der Waals surface area (Å²) in [4.78, 5) is 40.2. The molecule has 1 fully saturated rings. The van der Waals surface area contributed by atoms with E-state index < -0.39 is 5.91 Å². The fourth-order valence-electron chi connectivity index (χ4n) is 5.81. The van der Waals surface area contributed by atoms with Gasteiger partial charge in [-0.25, -0.2) is 4.98 Å². The van der Waals surface area contributed by atoms with Gasteiger partial charge in [0.1, 0.15) is 11.3 Å². The number of halogens is 1. The second-order valence-electron chi connectivity index (χ2n) is 13.2. The maximum absolute atomic E-state index is 13.7. The van der Waals surface area contributed by atoms with Gasteiger partial charge in [-0.15, -0.1) is 0 Å². The number of carbonyl (C=O) groups is 2. The van der Waals surface area contributed by atoms with Gasteiger partial charge in [0, 0.05) is 74.0 Å². The lowest BCUT2D eigenvalue weighted by Gasteiger charge is -2.32. The number of hydrogen-bond acceptors (Lipinski definition) is 11. The maximum Gasteiger partial charge on any atom is 0.262 e. The van der Waals surface area contributed by atoms with Crippen LogP contribution in [0.4, 0.5) is 17.3 Å². The molecule has 2 heterocycles. The van der Waals surface area contributed by atoms with Gasteiger partial charge in [0.2, 0.25) is 17.6 Å². The number of amides is 2. The number of anilines is 3. The predicted octanol–water partition coefficient (Wildman–Crippen LogP) is 6.71. The predicted molar refractivity (Wildman–Crippen MR) is 207 cm³/mol. The number of carbonyl (C=O) groups excluding carboxylic acids is 2. The monoisotopic (exact) mass is 745 g/mol. The van der Waals surface area contributed by atoms with Gasteiger partial charge in [0.15, 0.2) is 11.5 Å². The summed E-state index contributed by atoms with van der Waals surface area (Å²) in [5.74, 6) is 0.894. The van der Waals surface area contributed by atoms with Crippen molar-refractivity contribution in [2.45, 2.75) is 40.2 Å². The molecule has 14 heteroatoms. The van der Waals surface area contributed by atoms with E-state index in [1.54, 1.807) is 38.5 Å². The number of methoxy groups -OCH3 is 2. The molecule has 0 unspecified atom stereocenters. The van der Waals surface area contributed by atoms with E-state index >= 15 is 0 Å². The zero-order chi connectivity index (χ0) is 38.1. The van der Waals surface area contributed by atoms with E-state index in [1.165, 1.54) is 12.3 Å². The molecular formula is C39H48ClN7O6. The molecule has 0 atom stereocenters. The van der Waals surface area contributed by atoms with E-state index in [0.29, 0.717) is 40.8 Å². The largest absolute Gasteiger partial charge is 0.493 e. The first-order chi connectivity index (χ1) is 25.4. The molecule has 1 aliphatic rings. The van der Waals surface area contributed by atoms with Crippen molar-refractivity contribution >= 4 is 40.7 Å². The summed E-state index contributed by atoms with van der Waals surface area (Å²) in [5.41, 5.74) is 3.43. The van der Waals surface area contributed by atoms with E-state index in [2.05, 4.69) is 42.8 Å². The van der Waals surface area contributed by atoms with Gasteiger partial charge >= 0.3 is 0 Å². The number of piperazine rings is 1. The van der Waals surface area contributed by atoms with Crippen LogP contribution in [0.3, 0.4) is 0 Å². The standard InChI is InChI=1S/C39H48ClN7O6/c1-24(2)42-36(48)27-12-13-31(30(40)20-27)53-38-29(37(49)44-34-25(3)10-8-11-26(34)4)23-41-39(45-38)43-28-21-32(50-6)35(51-7)33(22-28)52-19-9-14-47-17-15-46(5)16-18-47/h8,10-13,20-24H,9,14-19H2,1-7H3,(H,42,48)(H,44,49)(H,41,43,45). The molecular weight excluding hydrogens is 698 g/mol. The van der Waals surface area contributed by atoms with Gasteiger partial charge in [0.05, 0.1) is 25.8 Å². The van der Waals surface area contributed by atoms with E-state index in [0.717, 1.165) is 50.3 Å². The Hall–Kier alpha value is -5.11. The van der Waals surface area contributed by atoms with Crippen molar-refractivity contribution in [2.24, 2.45) is 0 Å². The smallest absolute Gasteiger partial charge is 0.262 e. The number of ether oxygens (including phenoxy) is 4.